The van der Waals surface area contributed by atoms with Crippen LogP contribution in [0, 0.1) is 0 Å². The van der Waals surface area contributed by atoms with Gasteiger partial charge in [-0.1, -0.05) is 0 Å². The van der Waals surface area contributed by atoms with Gasteiger partial charge in [-0.2, -0.15) is 13.2 Å². The molecule has 0 aromatic carbocycles. The molecule has 15 heavy (non-hydrogen) atoms. The van der Waals surface area contributed by atoms with Crippen molar-refractivity contribution in [1.82, 2.24) is 9.80 Å². The smallest absolute Gasteiger partial charge is 0.339 e. The van der Waals surface area contributed by atoms with E-state index in [1.165, 1.54) is 23.8 Å². The zero-order chi connectivity index (χ0) is 11.8. The van der Waals surface area contributed by atoms with E-state index in [9.17, 15) is 18.0 Å². The van der Waals surface area contributed by atoms with E-state index in [2.05, 4.69) is 0 Å². The zero-order valence-corrected chi connectivity index (χ0v) is 9.01. The molecule has 1 rings (SSSR count). The second kappa shape index (κ2) is 4.00. The fraction of sp³-hybridized carbons (Fsp3) is 0.889. The molecule has 0 bridgehead atoms. The van der Waals surface area contributed by atoms with Crippen LogP contribution in [0.25, 0.3) is 0 Å². The maximum absolute atomic E-state index is 12.6. The van der Waals surface area contributed by atoms with E-state index in [1.807, 2.05) is 0 Å². The van der Waals surface area contributed by atoms with Crippen LogP contribution < -0.4 is 0 Å². The van der Waals surface area contributed by atoms with Gasteiger partial charge in [0.2, 0.25) is 5.91 Å². The van der Waals surface area contributed by atoms with Crippen LogP contribution >= 0.6 is 0 Å². The second-order valence-corrected chi connectivity index (χ2v) is 4.00. The van der Waals surface area contributed by atoms with Crippen molar-refractivity contribution in [2.45, 2.75) is 32.1 Å². The molecule has 0 aromatic heterocycles. The monoisotopic (exact) mass is 224 g/mol. The van der Waals surface area contributed by atoms with Gasteiger partial charge in [0.1, 0.15) is 6.04 Å². The quantitative estimate of drug-likeness (QED) is 0.615. The molecule has 0 aromatic rings. The lowest BCUT2D eigenvalue weighted by Crippen LogP contribution is -2.61. The highest BCUT2D eigenvalue weighted by atomic mass is 19.4. The number of carbonyl (C=O) groups excluding carboxylic acids is 1. The Morgan fingerprint density at radius 2 is 1.87 bits per heavy atom. The van der Waals surface area contributed by atoms with Gasteiger partial charge in [-0.25, -0.2) is 0 Å². The molecule has 88 valence electrons. The van der Waals surface area contributed by atoms with E-state index in [1.54, 1.807) is 6.92 Å². The number of halogens is 3. The summed E-state index contributed by atoms with van der Waals surface area (Å²) in [5, 5.41) is 0. The lowest BCUT2D eigenvalue weighted by Gasteiger charge is -2.43. The molecular weight excluding hydrogens is 209 g/mol. The highest BCUT2D eigenvalue weighted by Crippen LogP contribution is 2.28. The van der Waals surface area contributed by atoms with Crippen LogP contribution in [-0.2, 0) is 4.79 Å². The minimum absolute atomic E-state index is 0.264. The Hall–Kier alpha value is -0.780. The van der Waals surface area contributed by atoms with E-state index in [0.29, 0.717) is 6.54 Å². The Bertz CT molecular complexity index is 254. The van der Waals surface area contributed by atoms with Crippen LogP contribution in [0.2, 0.25) is 0 Å². The molecule has 1 saturated heterocycles. The van der Waals surface area contributed by atoms with Crippen LogP contribution in [0.5, 0.6) is 0 Å². The van der Waals surface area contributed by atoms with Gasteiger partial charge in [-0.05, 0) is 14.0 Å². The molecular formula is C9H15F3N2O. The predicted octanol–water partition coefficient (Wildman–Crippen LogP) is 1.10. The molecule has 1 aliphatic heterocycles. The highest BCUT2D eigenvalue weighted by molar-refractivity contribution is 5.73. The summed E-state index contributed by atoms with van der Waals surface area (Å²) in [5.41, 5.74) is 0. The molecule has 6 heteroatoms. The average molecular weight is 224 g/mol. The minimum atomic E-state index is -4.28. The summed E-state index contributed by atoms with van der Waals surface area (Å²) in [7, 11) is 1.44. The van der Waals surface area contributed by atoms with Gasteiger partial charge in [0.05, 0.1) is 0 Å². The van der Waals surface area contributed by atoms with Gasteiger partial charge in [0.15, 0.2) is 0 Å². The van der Waals surface area contributed by atoms with Crippen molar-refractivity contribution in [3.8, 4) is 0 Å². The third-order valence-corrected chi connectivity index (χ3v) is 2.89. The summed E-state index contributed by atoms with van der Waals surface area (Å²) in [6.07, 6.45) is -4.28. The molecule has 3 nitrogen and oxygen atoms in total. The van der Waals surface area contributed by atoms with Gasteiger partial charge < -0.3 is 4.90 Å². The fourth-order valence-corrected chi connectivity index (χ4v) is 1.76. The summed E-state index contributed by atoms with van der Waals surface area (Å²) < 4.78 is 37.9. The number of carbonyl (C=O) groups is 1. The molecule has 2 atom stereocenters. The average Bonchev–Trinajstić information content (AvgIpc) is 2.06. The van der Waals surface area contributed by atoms with E-state index >= 15 is 0 Å². The number of rotatable bonds is 0. The van der Waals surface area contributed by atoms with Crippen molar-refractivity contribution >= 4 is 5.91 Å². The molecule has 1 fully saturated rings. The first-order valence-corrected chi connectivity index (χ1v) is 4.77. The van der Waals surface area contributed by atoms with Crippen LogP contribution in [-0.4, -0.2) is 54.1 Å². The second-order valence-electron chi connectivity index (χ2n) is 4.00. The number of amides is 1. The maximum atomic E-state index is 12.6. The number of hydrogen-bond donors (Lipinski definition) is 0. The van der Waals surface area contributed by atoms with Gasteiger partial charge in [0.25, 0.3) is 0 Å². The standard InChI is InChI=1S/C9H15F3N2O/c1-6-4-14(7(2)15)5-8(13(6)3)9(10,11)12/h6,8H,4-5H2,1-3H3. The Balaban J connectivity index is 2.82. The summed E-state index contributed by atoms with van der Waals surface area (Å²) in [4.78, 5) is 13.6. The third-order valence-electron chi connectivity index (χ3n) is 2.89. The predicted molar refractivity (Wildman–Crippen MR) is 49.3 cm³/mol. The van der Waals surface area contributed by atoms with E-state index in [0.717, 1.165) is 0 Å². The molecule has 1 heterocycles. The van der Waals surface area contributed by atoms with E-state index < -0.39 is 12.2 Å². The van der Waals surface area contributed by atoms with Gasteiger partial charge in [-0.3, -0.25) is 9.69 Å². The molecule has 2 unspecified atom stereocenters. The van der Waals surface area contributed by atoms with Gasteiger partial charge >= 0.3 is 6.18 Å². The maximum Gasteiger partial charge on any atom is 0.405 e. The first-order valence-electron chi connectivity index (χ1n) is 4.77. The van der Waals surface area contributed by atoms with Gasteiger partial charge in [0, 0.05) is 26.1 Å². The molecule has 1 amide bonds. The minimum Gasteiger partial charge on any atom is -0.339 e. The molecule has 0 N–H and O–H groups in total. The van der Waals surface area contributed by atoms with Crippen LogP contribution in [0.3, 0.4) is 0 Å². The van der Waals surface area contributed by atoms with Crippen LogP contribution in [0.1, 0.15) is 13.8 Å². The largest absolute Gasteiger partial charge is 0.405 e. The topological polar surface area (TPSA) is 23.6 Å². The number of hydrogen-bond acceptors (Lipinski definition) is 2. The summed E-state index contributed by atoms with van der Waals surface area (Å²) >= 11 is 0. The van der Waals surface area contributed by atoms with E-state index in [-0.39, 0.29) is 18.5 Å². The Labute approximate surface area is 86.8 Å². The normalized spacial score (nSPS) is 29.3. The van der Waals surface area contributed by atoms with Crippen molar-refractivity contribution in [2.24, 2.45) is 0 Å². The lowest BCUT2D eigenvalue weighted by molar-refractivity contribution is -0.200. The summed E-state index contributed by atoms with van der Waals surface area (Å²) in [6, 6.07) is -1.82. The SMILES string of the molecule is CC(=O)N1CC(C)N(C)C(C(F)(F)F)C1. The number of piperazine rings is 1. The zero-order valence-electron chi connectivity index (χ0n) is 9.01. The Morgan fingerprint density at radius 1 is 1.33 bits per heavy atom. The van der Waals surface area contributed by atoms with Crippen molar-refractivity contribution in [3.05, 3.63) is 0 Å². The van der Waals surface area contributed by atoms with Crippen molar-refractivity contribution in [1.29, 1.82) is 0 Å². The van der Waals surface area contributed by atoms with Gasteiger partial charge in [-0.15, -0.1) is 0 Å². The number of nitrogens with zero attached hydrogens (tertiary/aromatic N) is 2. The highest BCUT2D eigenvalue weighted by Gasteiger charge is 2.47. The summed E-state index contributed by atoms with van der Waals surface area (Å²) in [6.45, 7) is 3.08. The van der Waals surface area contributed by atoms with Crippen LogP contribution in [0.4, 0.5) is 13.2 Å². The Kier molecular flexibility index (Phi) is 3.28. The van der Waals surface area contributed by atoms with E-state index in [4.69, 9.17) is 0 Å². The van der Waals surface area contributed by atoms with Crippen molar-refractivity contribution in [2.75, 3.05) is 20.1 Å². The third kappa shape index (κ3) is 2.62. The van der Waals surface area contributed by atoms with Crippen molar-refractivity contribution < 1.29 is 18.0 Å². The molecule has 1 aliphatic rings. The Morgan fingerprint density at radius 3 is 2.27 bits per heavy atom. The first kappa shape index (κ1) is 12.3. The molecule has 0 spiro atoms. The lowest BCUT2D eigenvalue weighted by atomic mass is 10.1. The molecule has 0 saturated carbocycles. The number of alkyl halides is 3. The first-order chi connectivity index (χ1) is 6.73. The van der Waals surface area contributed by atoms with Crippen molar-refractivity contribution in [3.63, 3.8) is 0 Å². The molecule has 0 radical (unpaired) electrons. The van der Waals surface area contributed by atoms with Crippen LogP contribution in [0.15, 0.2) is 0 Å². The molecule has 0 aliphatic carbocycles. The number of likely N-dealkylation sites (N-methyl/N-ethyl adjacent to an activating group) is 1. The summed E-state index contributed by atoms with van der Waals surface area (Å²) in [5.74, 6) is -0.302. The fourth-order valence-electron chi connectivity index (χ4n) is 1.76.